The van der Waals surface area contributed by atoms with Gasteiger partial charge in [0.25, 0.3) is 0 Å². The van der Waals surface area contributed by atoms with Gasteiger partial charge in [0.15, 0.2) is 17.5 Å². The number of halogens is 2. The molecule has 0 radical (unpaired) electrons. The number of ether oxygens (including phenoxy) is 1. The third kappa shape index (κ3) is 4.60. The molecular weight excluding hydrogens is 280 g/mol. The van der Waals surface area contributed by atoms with Crippen LogP contribution < -0.4 is 10.6 Å². The maximum atomic E-state index is 13.1. The lowest BCUT2D eigenvalue weighted by molar-refractivity contribution is 0.197. The highest BCUT2D eigenvalue weighted by atomic mass is 19.2. The molecule has 6 nitrogen and oxygen atoms in total. The zero-order valence-electron chi connectivity index (χ0n) is 11.4. The van der Waals surface area contributed by atoms with Gasteiger partial charge >= 0.3 is 0 Å². The van der Waals surface area contributed by atoms with Crippen molar-refractivity contribution in [2.75, 3.05) is 30.9 Å². The molecule has 2 N–H and O–H groups in total. The smallest absolute Gasteiger partial charge is 0.249 e. The fourth-order valence-electron chi connectivity index (χ4n) is 1.58. The second-order valence-corrected chi connectivity index (χ2v) is 4.19. The molecular formula is C13H15F2N5O. The van der Waals surface area contributed by atoms with Gasteiger partial charge < -0.3 is 15.4 Å². The van der Waals surface area contributed by atoms with Crippen molar-refractivity contribution in [3.05, 3.63) is 36.0 Å². The van der Waals surface area contributed by atoms with Crippen LogP contribution >= 0.6 is 0 Å². The monoisotopic (exact) mass is 295 g/mol. The van der Waals surface area contributed by atoms with E-state index in [9.17, 15) is 8.78 Å². The average molecular weight is 295 g/mol. The highest BCUT2D eigenvalue weighted by Crippen LogP contribution is 2.16. The summed E-state index contributed by atoms with van der Waals surface area (Å²) in [6.07, 6.45) is 2.30. The van der Waals surface area contributed by atoms with Crippen LogP contribution in [0.4, 0.5) is 26.2 Å². The van der Waals surface area contributed by atoms with E-state index in [0.717, 1.165) is 18.6 Å². The highest BCUT2D eigenvalue weighted by Gasteiger charge is 2.05. The van der Waals surface area contributed by atoms with Gasteiger partial charge in [-0.1, -0.05) is 0 Å². The van der Waals surface area contributed by atoms with Gasteiger partial charge in [-0.15, -0.1) is 5.10 Å². The Morgan fingerprint density at radius 3 is 2.86 bits per heavy atom. The van der Waals surface area contributed by atoms with E-state index in [-0.39, 0.29) is 5.95 Å². The van der Waals surface area contributed by atoms with Crippen molar-refractivity contribution in [3.8, 4) is 0 Å². The van der Waals surface area contributed by atoms with Gasteiger partial charge in [0.1, 0.15) is 0 Å². The molecule has 0 aliphatic heterocycles. The molecule has 0 bridgehead atoms. The van der Waals surface area contributed by atoms with E-state index in [1.165, 1.54) is 12.3 Å². The van der Waals surface area contributed by atoms with Gasteiger partial charge in [-0.05, 0) is 18.6 Å². The number of anilines is 3. The maximum absolute atomic E-state index is 13.1. The highest BCUT2D eigenvalue weighted by molar-refractivity contribution is 5.54. The molecule has 1 aromatic heterocycles. The van der Waals surface area contributed by atoms with Crippen molar-refractivity contribution in [3.63, 3.8) is 0 Å². The lowest BCUT2D eigenvalue weighted by Crippen LogP contribution is -2.08. The third-order valence-electron chi connectivity index (χ3n) is 2.57. The number of rotatable bonds is 7. The number of aromatic nitrogens is 3. The molecule has 0 spiro atoms. The van der Waals surface area contributed by atoms with Crippen LogP contribution in [0.2, 0.25) is 0 Å². The fourth-order valence-corrected chi connectivity index (χ4v) is 1.58. The quantitative estimate of drug-likeness (QED) is 0.764. The maximum Gasteiger partial charge on any atom is 0.249 e. The summed E-state index contributed by atoms with van der Waals surface area (Å²) in [6, 6.07) is 3.44. The Morgan fingerprint density at radius 2 is 2.10 bits per heavy atom. The third-order valence-corrected chi connectivity index (χ3v) is 2.57. The zero-order chi connectivity index (χ0) is 15.1. The SMILES string of the molecule is COCCCNc1cnnc(Nc2ccc(F)c(F)c2)n1. The number of hydrogen-bond acceptors (Lipinski definition) is 6. The Hall–Kier alpha value is -2.35. The Labute approximate surface area is 120 Å². The van der Waals surface area contributed by atoms with Crippen LogP contribution in [-0.4, -0.2) is 35.4 Å². The first-order valence-electron chi connectivity index (χ1n) is 6.33. The second kappa shape index (κ2) is 7.44. The van der Waals surface area contributed by atoms with Gasteiger partial charge in [-0.2, -0.15) is 10.1 Å². The van der Waals surface area contributed by atoms with Crippen LogP contribution in [0.3, 0.4) is 0 Å². The topological polar surface area (TPSA) is 72.0 Å². The molecule has 2 aromatic rings. The standard InChI is InChI=1S/C13H15F2N5O/c1-21-6-2-5-16-12-8-17-20-13(19-12)18-9-3-4-10(14)11(15)7-9/h3-4,7-8H,2,5-6H2,1H3,(H2,16,18,19,20). The number of methoxy groups -OCH3 is 1. The Morgan fingerprint density at radius 1 is 1.24 bits per heavy atom. The van der Waals surface area contributed by atoms with Crippen molar-refractivity contribution < 1.29 is 13.5 Å². The molecule has 1 aromatic carbocycles. The van der Waals surface area contributed by atoms with Gasteiger partial charge in [0, 0.05) is 32.0 Å². The molecule has 0 amide bonds. The summed E-state index contributed by atoms with van der Waals surface area (Å²) in [5.41, 5.74) is 0.340. The molecule has 112 valence electrons. The molecule has 1 heterocycles. The lowest BCUT2D eigenvalue weighted by atomic mass is 10.3. The van der Waals surface area contributed by atoms with Crippen LogP contribution in [-0.2, 0) is 4.74 Å². The summed E-state index contributed by atoms with van der Waals surface area (Å²) in [4.78, 5) is 4.16. The van der Waals surface area contributed by atoms with Crippen molar-refractivity contribution in [2.24, 2.45) is 0 Å². The minimum absolute atomic E-state index is 0.192. The number of nitrogens with one attached hydrogen (secondary N) is 2. The Kier molecular flexibility index (Phi) is 5.33. The van der Waals surface area contributed by atoms with Gasteiger partial charge in [0.05, 0.1) is 6.20 Å². The predicted molar refractivity (Wildman–Crippen MR) is 74.5 cm³/mol. The molecule has 2 rings (SSSR count). The first-order valence-corrected chi connectivity index (χ1v) is 6.33. The largest absolute Gasteiger partial charge is 0.385 e. The van der Waals surface area contributed by atoms with E-state index < -0.39 is 11.6 Å². The average Bonchev–Trinajstić information content (AvgIpc) is 2.48. The summed E-state index contributed by atoms with van der Waals surface area (Å²) in [7, 11) is 1.64. The van der Waals surface area contributed by atoms with E-state index in [1.54, 1.807) is 7.11 Å². The Bertz CT molecular complexity index is 597. The summed E-state index contributed by atoms with van der Waals surface area (Å²) in [6.45, 7) is 1.32. The predicted octanol–water partition coefficient (Wildman–Crippen LogP) is 2.34. The van der Waals surface area contributed by atoms with Gasteiger partial charge in [-0.3, -0.25) is 0 Å². The van der Waals surface area contributed by atoms with Crippen molar-refractivity contribution in [1.29, 1.82) is 0 Å². The first-order chi connectivity index (χ1) is 10.2. The Balaban J connectivity index is 1.98. The number of nitrogens with zero attached hydrogens (tertiary/aromatic N) is 3. The number of hydrogen-bond donors (Lipinski definition) is 2. The summed E-state index contributed by atoms with van der Waals surface area (Å²) < 4.78 is 30.9. The van der Waals surface area contributed by atoms with E-state index in [1.807, 2.05) is 0 Å². The second-order valence-electron chi connectivity index (χ2n) is 4.19. The first kappa shape index (κ1) is 15.0. The van der Waals surface area contributed by atoms with Crippen molar-refractivity contribution in [2.45, 2.75) is 6.42 Å². The van der Waals surface area contributed by atoms with Crippen LogP contribution in [0.25, 0.3) is 0 Å². The zero-order valence-corrected chi connectivity index (χ0v) is 11.4. The van der Waals surface area contributed by atoms with E-state index >= 15 is 0 Å². The van der Waals surface area contributed by atoms with Crippen LogP contribution in [0.5, 0.6) is 0 Å². The summed E-state index contributed by atoms with van der Waals surface area (Å²) in [5.74, 6) is -1.13. The minimum Gasteiger partial charge on any atom is -0.385 e. The minimum atomic E-state index is -0.943. The molecule has 0 aliphatic rings. The van der Waals surface area contributed by atoms with Crippen molar-refractivity contribution in [1.82, 2.24) is 15.2 Å². The molecule has 0 fully saturated rings. The van der Waals surface area contributed by atoms with Crippen LogP contribution in [0, 0.1) is 11.6 Å². The van der Waals surface area contributed by atoms with Crippen LogP contribution in [0.1, 0.15) is 6.42 Å². The molecule has 21 heavy (non-hydrogen) atoms. The van der Waals surface area contributed by atoms with Crippen molar-refractivity contribution >= 4 is 17.5 Å². The lowest BCUT2D eigenvalue weighted by Gasteiger charge is -2.07. The normalized spacial score (nSPS) is 10.4. The molecule has 0 atom stereocenters. The van der Waals surface area contributed by atoms with E-state index in [4.69, 9.17) is 4.74 Å². The summed E-state index contributed by atoms with van der Waals surface area (Å²) >= 11 is 0. The molecule has 0 saturated carbocycles. The van der Waals surface area contributed by atoms with E-state index in [0.29, 0.717) is 24.7 Å². The molecule has 8 heteroatoms. The molecule has 0 unspecified atom stereocenters. The van der Waals surface area contributed by atoms with E-state index in [2.05, 4.69) is 25.8 Å². The van der Waals surface area contributed by atoms with Crippen LogP contribution in [0.15, 0.2) is 24.4 Å². The van der Waals surface area contributed by atoms with Gasteiger partial charge in [0.2, 0.25) is 5.95 Å². The fraction of sp³-hybridized carbons (Fsp3) is 0.308. The number of benzene rings is 1. The van der Waals surface area contributed by atoms with Gasteiger partial charge in [-0.25, -0.2) is 8.78 Å². The summed E-state index contributed by atoms with van der Waals surface area (Å²) in [5, 5.41) is 13.4. The molecule has 0 aliphatic carbocycles. The molecule has 0 saturated heterocycles.